The Balaban J connectivity index is 0.00000242. The molecule has 22 heavy (non-hydrogen) atoms. The van der Waals surface area contributed by atoms with Crippen LogP contribution in [0.3, 0.4) is 0 Å². The van der Waals surface area contributed by atoms with E-state index in [-0.39, 0.29) is 12.4 Å². The monoisotopic (exact) mass is 321 g/mol. The molecule has 0 amide bonds. The standard InChI is InChI=1S/C18H23NO2.ClH/c1-14(16-8-5-9-17(20)12-16)10-11-19-13-18(21)15-6-3-2-4-7-15;/h2-9,12,14,18-21H,10-11,13H2,1H3;1H/t14-,18?;/m1./s1. The van der Waals surface area contributed by atoms with Crippen molar-refractivity contribution in [1.82, 2.24) is 5.32 Å². The second kappa shape index (κ2) is 9.46. The molecule has 2 aromatic rings. The first-order valence-electron chi connectivity index (χ1n) is 7.39. The van der Waals surface area contributed by atoms with Crippen molar-refractivity contribution in [3.8, 4) is 5.75 Å². The van der Waals surface area contributed by atoms with Crippen LogP contribution < -0.4 is 5.32 Å². The lowest BCUT2D eigenvalue weighted by molar-refractivity contribution is 0.174. The number of halogens is 1. The Labute approximate surface area is 138 Å². The van der Waals surface area contributed by atoms with Crippen LogP contribution in [-0.4, -0.2) is 23.3 Å². The van der Waals surface area contributed by atoms with Gasteiger partial charge in [0.15, 0.2) is 0 Å². The van der Waals surface area contributed by atoms with Crippen LogP contribution in [0.5, 0.6) is 5.75 Å². The van der Waals surface area contributed by atoms with Crippen LogP contribution in [-0.2, 0) is 0 Å². The van der Waals surface area contributed by atoms with E-state index in [1.54, 1.807) is 6.07 Å². The molecule has 0 bridgehead atoms. The van der Waals surface area contributed by atoms with Crippen LogP contribution >= 0.6 is 12.4 Å². The van der Waals surface area contributed by atoms with E-state index in [9.17, 15) is 10.2 Å². The van der Waals surface area contributed by atoms with E-state index in [4.69, 9.17) is 0 Å². The van der Waals surface area contributed by atoms with Gasteiger partial charge in [-0.15, -0.1) is 12.4 Å². The van der Waals surface area contributed by atoms with E-state index >= 15 is 0 Å². The highest BCUT2D eigenvalue weighted by Gasteiger charge is 2.08. The predicted molar refractivity (Wildman–Crippen MR) is 92.7 cm³/mol. The second-order valence-corrected chi connectivity index (χ2v) is 5.42. The van der Waals surface area contributed by atoms with Crippen molar-refractivity contribution in [3.63, 3.8) is 0 Å². The Morgan fingerprint density at radius 2 is 1.68 bits per heavy atom. The number of hydrogen-bond acceptors (Lipinski definition) is 3. The van der Waals surface area contributed by atoms with Gasteiger partial charge in [0.25, 0.3) is 0 Å². The van der Waals surface area contributed by atoms with E-state index in [2.05, 4.69) is 12.2 Å². The Bertz CT molecular complexity index is 548. The fourth-order valence-corrected chi connectivity index (χ4v) is 2.35. The van der Waals surface area contributed by atoms with Crippen molar-refractivity contribution < 1.29 is 10.2 Å². The number of nitrogens with one attached hydrogen (secondary N) is 1. The Morgan fingerprint density at radius 1 is 1.00 bits per heavy atom. The molecule has 4 heteroatoms. The number of phenolic OH excluding ortho intramolecular Hbond substituents is 1. The first kappa shape index (κ1) is 18.5. The van der Waals surface area contributed by atoms with Crippen molar-refractivity contribution in [3.05, 3.63) is 65.7 Å². The topological polar surface area (TPSA) is 52.5 Å². The van der Waals surface area contributed by atoms with Crippen molar-refractivity contribution in [2.75, 3.05) is 13.1 Å². The minimum absolute atomic E-state index is 0. The van der Waals surface area contributed by atoms with Crippen molar-refractivity contribution >= 4 is 12.4 Å². The number of aliphatic hydroxyl groups excluding tert-OH is 1. The van der Waals surface area contributed by atoms with Gasteiger partial charge in [-0.3, -0.25) is 0 Å². The molecular weight excluding hydrogens is 298 g/mol. The molecule has 0 saturated heterocycles. The number of aromatic hydroxyl groups is 1. The maximum atomic E-state index is 10.0. The van der Waals surface area contributed by atoms with Crippen LogP contribution in [0.2, 0.25) is 0 Å². The molecule has 0 aliphatic heterocycles. The highest BCUT2D eigenvalue weighted by Crippen LogP contribution is 2.22. The van der Waals surface area contributed by atoms with Gasteiger partial charge in [-0.2, -0.15) is 0 Å². The van der Waals surface area contributed by atoms with Gasteiger partial charge in [-0.05, 0) is 42.1 Å². The molecule has 0 saturated carbocycles. The summed E-state index contributed by atoms with van der Waals surface area (Å²) in [5, 5.41) is 22.8. The maximum absolute atomic E-state index is 10.0. The average Bonchev–Trinajstić information content (AvgIpc) is 2.52. The quantitative estimate of drug-likeness (QED) is 0.683. The molecule has 1 unspecified atom stereocenters. The van der Waals surface area contributed by atoms with Gasteiger partial charge >= 0.3 is 0 Å². The van der Waals surface area contributed by atoms with Gasteiger partial charge in [0.1, 0.15) is 5.75 Å². The second-order valence-electron chi connectivity index (χ2n) is 5.42. The summed E-state index contributed by atoms with van der Waals surface area (Å²) >= 11 is 0. The van der Waals surface area contributed by atoms with E-state index in [0.29, 0.717) is 18.2 Å². The summed E-state index contributed by atoms with van der Waals surface area (Å²) in [4.78, 5) is 0. The number of aliphatic hydroxyl groups is 1. The summed E-state index contributed by atoms with van der Waals surface area (Å²) in [6.07, 6.45) is 0.493. The van der Waals surface area contributed by atoms with Gasteiger partial charge in [-0.25, -0.2) is 0 Å². The molecule has 2 aromatic carbocycles. The van der Waals surface area contributed by atoms with Gasteiger partial charge < -0.3 is 15.5 Å². The number of phenols is 1. The van der Waals surface area contributed by atoms with Crippen LogP contribution in [0.4, 0.5) is 0 Å². The molecule has 0 aliphatic carbocycles. The molecule has 0 aromatic heterocycles. The molecule has 2 rings (SSSR count). The molecule has 2 atom stereocenters. The maximum Gasteiger partial charge on any atom is 0.115 e. The molecule has 3 nitrogen and oxygen atoms in total. The first-order chi connectivity index (χ1) is 10.2. The third-order valence-electron chi connectivity index (χ3n) is 3.72. The van der Waals surface area contributed by atoms with Crippen molar-refractivity contribution in [2.45, 2.75) is 25.4 Å². The zero-order valence-corrected chi connectivity index (χ0v) is 13.6. The van der Waals surface area contributed by atoms with E-state index < -0.39 is 6.10 Å². The summed E-state index contributed by atoms with van der Waals surface area (Å²) in [7, 11) is 0. The highest BCUT2D eigenvalue weighted by molar-refractivity contribution is 5.85. The lowest BCUT2D eigenvalue weighted by atomic mass is 9.97. The summed E-state index contributed by atoms with van der Waals surface area (Å²) in [5.41, 5.74) is 2.08. The van der Waals surface area contributed by atoms with E-state index in [1.807, 2.05) is 48.5 Å². The lowest BCUT2D eigenvalue weighted by Gasteiger charge is -2.15. The Hall–Kier alpha value is -1.55. The smallest absolute Gasteiger partial charge is 0.115 e. The fourth-order valence-electron chi connectivity index (χ4n) is 2.35. The summed E-state index contributed by atoms with van der Waals surface area (Å²) in [6.45, 7) is 3.53. The third kappa shape index (κ3) is 5.68. The minimum atomic E-state index is -0.470. The molecule has 120 valence electrons. The SMILES string of the molecule is C[C@H](CCNCC(O)c1ccccc1)c1cccc(O)c1.Cl. The Morgan fingerprint density at radius 3 is 2.36 bits per heavy atom. The van der Waals surface area contributed by atoms with Crippen LogP contribution in [0.1, 0.15) is 36.5 Å². The summed E-state index contributed by atoms with van der Waals surface area (Å²) in [6, 6.07) is 17.1. The minimum Gasteiger partial charge on any atom is -0.508 e. The fraction of sp³-hybridized carbons (Fsp3) is 0.333. The van der Waals surface area contributed by atoms with Crippen LogP contribution in [0.15, 0.2) is 54.6 Å². The van der Waals surface area contributed by atoms with Crippen molar-refractivity contribution in [2.24, 2.45) is 0 Å². The average molecular weight is 322 g/mol. The number of benzene rings is 2. The molecule has 0 heterocycles. The van der Waals surface area contributed by atoms with Crippen LogP contribution in [0, 0.1) is 0 Å². The van der Waals surface area contributed by atoms with E-state index in [0.717, 1.165) is 24.1 Å². The predicted octanol–water partition coefficient (Wildman–Crippen LogP) is 3.63. The van der Waals surface area contributed by atoms with Gasteiger partial charge in [0.05, 0.1) is 6.10 Å². The summed E-state index contributed by atoms with van der Waals surface area (Å²) < 4.78 is 0. The highest BCUT2D eigenvalue weighted by atomic mass is 35.5. The molecule has 0 spiro atoms. The lowest BCUT2D eigenvalue weighted by Crippen LogP contribution is -2.23. The number of hydrogen-bond donors (Lipinski definition) is 3. The van der Waals surface area contributed by atoms with Crippen LogP contribution in [0.25, 0.3) is 0 Å². The third-order valence-corrected chi connectivity index (χ3v) is 3.72. The van der Waals surface area contributed by atoms with Gasteiger partial charge in [0, 0.05) is 6.54 Å². The molecule has 0 aliphatic rings. The number of rotatable bonds is 7. The van der Waals surface area contributed by atoms with E-state index in [1.165, 1.54) is 0 Å². The molecule has 3 N–H and O–H groups in total. The largest absolute Gasteiger partial charge is 0.508 e. The van der Waals surface area contributed by atoms with Gasteiger partial charge in [0.2, 0.25) is 0 Å². The molecule has 0 radical (unpaired) electrons. The zero-order chi connectivity index (χ0) is 15.1. The molecule has 0 fully saturated rings. The Kier molecular flexibility index (Phi) is 7.96. The van der Waals surface area contributed by atoms with Gasteiger partial charge in [-0.1, -0.05) is 49.4 Å². The van der Waals surface area contributed by atoms with Crippen molar-refractivity contribution in [1.29, 1.82) is 0 Å². The molecular formula is C18H24ClNO2. The normalized spacial score (nSPS) is 13.2. The first-order valence-corrected chi connectivity index (χ1v) is 7.39. The zero-order valence-electron chi connectivity index (χ0n) is 12.8. The summed E-state index contributed by atoms with van der Waals surface area (Å²) in [5.74, 6) is 0.685.